The van der Waals surface area contributed by atoms with Gasteiger partial charge in [0, 0.05) is 6.42 Å². The molecule has 0 bridgehead atoms. The third-order valence-electron chi connectivity index (χ3n) is 4.83. The van der Waals surface area contributed by atoms with Gasteiger partial charge in [-0.2, -0.15) is 0 Å². The van der Waals surface area contributed by atoms with Crippen LogP contribution >= 0.6 is 0 Å². The summed E-state index contributed by atoms with van der Waals surface area (Å²) in [5.41, 5.74) is 0. The van der Waals surface area contributed by atoms with Crippen molar-refractivity contribution in [1.82, 2.24) is 0 Å². The number of nitrogens with zero attached hydrogens (tertiary/aromatic N) is 1. The van der Waals surface area contributed by atoms with Gasteiger partial charge in [-0.05, 0) is 44.9 Å². The number of quaternary nitrogens is 1. The standard InChI is InChI=1S/C28H47NO7/c1-5-6-7-8-9-10-11-12-13-14-15-16-17-18-19-20-26(31)35-23-25(30)24-36-28(27(32)33)34-22-21-29(2,3)4/h6-7,9-10,12-13,15-16,25,28,30H,5,8,11,14,17-24H2,1-4H3/p+1/b7-6-,10-9-,13-12-,16-15-. The number of unbranched alkanes of at least 4 members (excludes halogenated alkanes) is 2. The van der Waals surface area contributed by atoms with E-state index in [9.17, 15) is 14.7 Å². The van der Waals surface area contributed by atoms with Gasteiger partial charge in [0.1, 0.15) is 19.3 Å². The van der Waals surface area contributed by atoms with E-state index in [0.29, 0.717) is 17.4 Å². The van der Waals surface area contributed by atoms with Crippen LogP contribution in [0.5, 0.6) is 0 Å². The summed E-state index contributed by atoms with van der Waals surface area (Å²) < 4.78 is 16.0. The zero-order valence-electron chi connectivity index (χ0n) is 22.6. The van der Waals surface area contributed by atoms with E-state index in [0.717, 1.165) is 38.5 Å². The zero-order chi connectivity index (χ0) is 27.1. The molecule has 0 fully saturated rings. The van der Waals surface area contributed by atoms with Crippen molar-refractivity contribution in [3.63, 3.8) is 0 Å². The molecule has 8 heteroatoms. The van der Waals surface area contributed by atoms with Gasteiger partial charge in [-0.1, -0.05) is 55.5 Å². The van der Waals surface area contributed by atoms with Gasteiger partial charge in [0.15, 0.2) is 0 Å². The number of carboxylic acids is 1. The minimum absolute atomic E-state index is 0.201. The molecule has 0 aromatic heterocycles. The molecule has 0 saturated heterocycles. The molecular weight excluding hydrogens is 462 g/mol. The van der Waals surface area contributed by atoms with Crippen LogP contribution in [0, 0.1) is 0 Å². The SMILES string of the molecule is CC/C=C\C/C=C\C/C=C\C/C=C\CCCCC(=O)OCC(O)COC(OCC[N+](C)(C)C)C(=O)O. The van der Waals surface area contributed by atoms with E-state index in [4.69, 9.17) is 19.3 Å². The summed E-state index contributed by atoms with van der Waals surface area (Å²) in [6.45, 7) is 2.38. The molecule has 2 unspecified atom stereocenters. The summed E-state index contributed by atoms with van der Waals surface area (Å²) in [6, 6.07) is 0. The van der Waals surface area contributed by atoms with Crippen LogP contribution in [0.1, 0.15) is 58.3 Å². The molecule has 0 aromatic carbocycles. The lowest BCUT2D eigenvalue weighted by molar-refractivity contribution is -0.870. The number of aliphatic carboxylic acids is 1. The first-order chi connectivity index (χ1) is 17.2. The molecule has 0 aliphatic heterocycles. The molecule has 8 nitrogen and oxygen atoms in total. The molecule has 0 spiro atoms. The topological polar surface area (TPSA) is 102 Å². The van der Waals surface area contributed by atoms with Crippen LogP contribution in [0.3, 0.4) is 0 Å². The molecular formula is C28H48NO7+. The highest BCUT2D eigenvalue weighted by Gasteiger charge is 2.22. The molecule has 0 radical (unpaired) electrons. The molecule has 0 saturated carbocycles. The maximum absolute atomic E-state index is 11.8. The van der Waals surface area contributed by atoms with E-state index in [2.05, 4.69) is 55.5 Å². The highest BCUT2D eigenvalue weighted by atomic mass is 16.7. The van der Waals surface area contributed by atoms with Gasteiger partial charge in [-0.15, -0.1) is 0 Å². The van der Waals surface area contributed by atoms with Crippen molar-refractivity contribution in [2.45, 2.75) is 70.7 Å². The van der Waals surface area contributed by atoms with E-state index in [1.165, 1.54) is 0 Å². The lowest BCUT2D eigenvalue weighted by Crippen LogP contribution is -2.40. The molecule has 2 N–H and O–H groups in total. The molecule has 0 rings (SSSR count). The number of carbonyl (C=O) groups excluding carboxylic acids is 1. The maximum atomic E-state index is 11.8. The van der Waals surface area contributed by atoms with Crippen LogP contribution < -0.4 is 0 Å². The van der Waals surface area contributed by atoms with Crippen molar-refractivity contribution in [2.24, 2.45) is 0 Å². The molecule has 206 valence electrons. The summed E-state index contributed by atoms with van der Waals surface area (Å²) >= 11 is 0. The van der Waals surface area contributed by atoms with Crippen molar-refractivity contribution in [1.29, 1.82) is 0 Å². The van der Waals surface area contributed by atoms with Gasteiger partial charge in [0.2, 0.25) is 0 Å². The molecule has 0 aliphatic rings. The number of likely N-dealkylation sites (N-methyl/N-ethyl adjacent to an activating group) is 1. The van der Waals surface area contributed by atoms with Gasteiger partial charge >= 0.3 is 11.9 Å². The average molecular weight is 511 g/mol. The second-order valence-corrected chi connectivity index (χ2v) is 9.47. The number of esters is 1. The Morgan fingerprint density at radius 1 is 0.833 bits per heavy atom. The molecule has 36 heavy (non-hydrogen) atoms. The molecule has 0 aromatic rings. The third kappa shape index (κ3) is 23.5. The van der Waals surface area contributed by atoms with Crippen LogP contribution in [0.25, 0.3) is 0 Å². The average Bonchev–Trinajstić information content (AvgIpc) is 2.81. The number of ether oxygens (including phenoxy) is 3. The Labute approximate surface area is 217 Å². The van der Waals surface area contributed by atoms with Gasteiger partial charge in [-0.3, -0.25) is 4.79 Å². The third-order valence-corrected chi connectivity index (χ3v) is 4.83. The van der Waals surface area contributed by atoms with Gasteiger partial charge in [-0.25, -0.2) is 4.79 Å². The number of allylic oxidation sites excluding steroid dienone is 8. The first-order valence-electron chi connectivity index (χ1n) is 12.9. The lowest BCUT2D eigenvalue weighted by Gasteiger charge is -2.24. The number of hydrogen-bond donors (Lipinski definition) is 2. The van der Waals surface area contributed by atoms with Crippen LogP contribution in [0.2, 0.25) is 0 Å². The fourth-order valence-corrected chi connectivity index (χ4v) is 2.76. The second-order valence-electron chi connectivity index (χ2n) is 9.47. The summed E-state index contributed by atoms with van der Waals surface area (Å²) in [5.74, 6) is -1.66. The zero-order valence-corrected chi connectivity index (χ0v) is 22.6. The largest absolute Gasteiger partial charge is 0.477 e. The van der Waals surface area contributed by atoms with Crippen LogP contribution in [-0.2, 0) is 23.8 Å². The Kier molecular flexibility index (Phi) is 20.6. The summed E-state index contributed by atoms with van der Waals surface area (Å²) in [5, 5.41) is 19.1. The number of hydrogen-bond acceptors (Lipinski definition) is 6. The minimum Gasteiger partial charge on any atom is -0.477 e. The number of carbonyl (C=O) groups is 2. The van der Waals surface area contributed by atoms with E-state index in [1.807, 2.05) is 21.1 Å². The lowest BCUT2D eigenvalue weighted by atomic mass is 10.2. The van der Waals surface area contributed by atoms with E-state index < -0.39 is 24.3 Å². The van der Waals surface area contributed by atoms with Crippen LogP contribution in [-0.4, -0.2) is 86.5 Å². The summed E-state index contributed by atoms with van der Waals surface area (Å²) in [4.78, 5) is 23.1. The van der Waals surface area contributed by atoms with E-state index in [-0.39, 0.29) is 26.2 Å². The maximum Gasteiger partial charge on any atom is 0.361 e. The van der Waals surface area contributed by atoms with Crippen molar-refractivity contribution < 1.29 is 38.5 Å². The second kappa shape index (κ2) is 22.0. The minimum atomic E-state index is -1.47. The van der Waals surface area contributed by atoms with E-state index in [1.54, 1.807) is 0 Å². The fourth-order valence-electron chi connectivity index (χ4n) is 2.76. The summed E-state index contributed by atoms with van der Waals surface area (Å²) in [7, 11) is 5.88. The van der Waals surface area contributed by atoms with Gasteiger partial charge < -0.3 is 28.9 Å². The Morgan fingerprint density at radius 3 is 1.97 bits per heavy atom. The van der Waals surface area contributed by atoms with Crippen LogP contribution in [0.4, 0.5) is 0 Å². The Balaban J connectivity index is 3.82. The number of carboxylic acid groups (broad SMARTS) is 1. The normalized spacial score (nSPS) is 14.4. The Morgan fingerprint density at radius 2 is 1.42 bits per heavy atom. The number of aliphatic hydroxyl groups is 1. The quantitative estimate of drug-likeness (QED) is 0.0731. The van der Waals surface area contributed by atoms with E-state index >= 15 is 0 Å². The number of aliphatic hydroxyl groups excluding tert-OH is 1. The van der Waals surface area contributed by atoms with Crippen molar-refractivity contribution in [2.75, 3.05) is 47.5 Å². The monoisotopic (exact) mass is 510 g/mol. The molecule has 0 heterocycles. The van der Waals surface area contributed by atoms with Gasteiger partial charge in [0.25, 0.3) is 6.29 Å². The van der Waals surface area contributed by atoms with Crippen molar-refractivity contribution >= 4 is 11.9 Å². The highest BCUT2D eigenvalue weighted by molar-refractivity contribution is 5.70. The number of rotatable bonds is 22. The first kappa shape index (κ1) is 33.7. The predicted molar refractivity (Wildman–Crippen MR) is 142 cm³/mol. The molecule has 0 amide bonds. The Hall–Kier alpha value is -2.26. The smallest absolute Gasteiger partial charge is 0.361 e. The van der Waals surface area contributed by atoms with Crippen molar-refractivity contribution in [3.8, 4) is 0 Å². The molecule has 2 atom stereocenters. The first-order valence-corrected chi connectivity index (χ1v) is 12.9. The Bertz CT molecular complexity index is 693. The predicted octanol–water partition coefficient (Wildman–Crippen LogP) is 4.41. The molecule has 0 aliphatic carbocycles. The van der Waals surface area contributed by atoms with Crippen LogP contribution in [0.15, 0.2) is 48.6 Å². The fraction of sp³-hybridized carbons (Fsp3) is 0.643. The highest BCUT2D eigenvalue weighted by Crippen LogP contribution is 2.05. The van der Waals surface area contributed by atoms with Gasteiger partial charge in [0.05, 0.1) is 34.4 Å². The summed E-state index contributed by atoms with van der Waals surface area (Å²) in [6.07, 6.45) is 21.3. The van der Waals surface area contributed by atoms with Crippen molar-refractivity contribution in [3.05, 3.63) is 48.6 Å².